The highest BCUT2D eigenvalue weighted by molar-refractivity contribution is 5.81. The van der Waals surface area contributed by atoms with Crippen molar-refractivity contribution in [2.75, 3.05) is 0 Å². The van der Waals surface area contributed by atoms with Crippen molar-refractivity contribution in [3.8, 4) is 22.3 Å². The Morgan fingerprint density at radius 1 is 0.708 bits per heavy atom. The second kappa shape index (κ2) is 5.62. The Balaban J connectivity index is 1.62. The minimum atomic E-state index is 0.0587. The van der Waals surface area contributed by atoms with Crippen LogP contribution in [0.1, 0.15) is 0 Å². The van der Waals surface area contributed by atoms with Crippen molar-refractivity contribution < 1.29 is 0 Å². The predicted octanol–water partition coefficient (Wildman–Crippen LogP) is 4.65. The quantitative estimate of drug-likeness (QED) is 0.425. The van der Waals surface area contributed by atoms with Crippen molar-refractivity contribution in [1.29, 1.82) is 0 Å². The number of nitrogens with two attached hydrogens (primary N) is 2. The van der Waals surface area contributed by atoms with E-state index in [0.717, 1.165) is 39.3 Å². The molecule has 24 heavy (non-hydrogen) atoms. The Bertz CT molecular complexity index is 950. The molecule has 0 unspecified atom stereocenters. The summed E-state index contributed by atoms with van der Waals surface area (Å²) in [5.41, 5.74) is 17.8. The van der Waals surface area contributed by atoms with Crippen LogP contribution in [0.5, 0.6) is 0 Å². The van der Waals surface area contributed by atoms with Crippen LogP contribution in [0.15, 0.2) is 82.0 Å². The van der Waals surface area contributed by atoms with Crippen LogP contribution in [-0.2, 0) is 0 Å². The van der Waals surface area contributed by atoms with Crippen LogP contribution in [-0.4, -0.2) is 5.96 Å². The van der Waals surface area contributed by atoms with Crippen LogP contribution < -0.4 is 11.5 Å². The number of benzene rings is 3. The molecule has 0 saturated carbocycles. The van der Waals surface area contributed by atoms with E-state index < -0.39 is 0 Å². The zero-order valence-corrected chi connectivity index (χ0v) is 12.8. The topological polar surface area (TPSA) is 89.1 Å². The van der Waals surface area contributed by atoms with Crippen LogP contribution in [0, 0.1) is 0 Å². The van der Waals surface area contributed by atoms with E-state index in [2.05, 4.69) is 45.6 Å². The van der Waals surface area contributed by atoms with Gasteiger partial charge in [0.05, 0.1) is 17.1 Å². The first-order valence-corrected chi connectivity index (χ1v) is 7.55. The Labute approximate surface area is 139 Å². The number of hydrogen-bond donors (Lipinski definition) is 2. The van der Waals surface area contributed by atoms with Gasteiger partial charge in [-0.3, -0.25) is 0 Å². The summed E-state index contributed by atoms with van der Waals surface area (Å²) in [5.74, 6) is 0.0587. The summed E-state index contributed by atoms with van der Waals surface area (Å²) in [5, 5.41) is 8.27. The molecule has 1 heterocycles. The fourth-order valence-electron chi connectivity index (χ4n) is 2.74. The zero-order valence-electron chi connectivity index (χ0n) is 12.8. The third-order valence-electron chi connectivity index (χ3n) is 3.91. The molecule has 0 spiro atoms. The molecule has 0 aliphatic carbocycles. The largest absolute Gasteiger partial charge is 0.370 e. The fraction of sp³-hybridized carbons (Fsp3) is 0. The van der Waals surface area contributed by atoms with Crippen LogP contribution >= 0.6 is 0 Å². The van der Waals surface area contributed by atoms with Crippen molar-refractivity contribution in [3.63, 3.8) is 0 Å². The summed E-state index contributed by atoms with van der Waals surface area (Å²) in [7, 11) is 0. The van der Waals surface area contributed by atoms with Crippen LogP contribution in [0.3, 0.4) is 0 Å². The van der Waals surface area contributed by atoms with Crippen molar-refractivity contribution in [3.05, 3.63) is 66.7 Å². The fourth-order valence-corrected chi connectivity index (χ4v) is 2.74. The number of aliphatic imine (C=N–C) groups is 1. The average molecular weight is 313 g/mol. The lowest BCUT2D eigenvalue weighted by atomic mass is 9.99. The molecule has 1 aliphatic heterocycles. The van der Waals surface area contributed by atoms with Gasteiger partial charge in [-0.25, -0.2) is 4.99 Å². The van der Waals surface area contributed by atoms with Crippen molar-refractivity contribution in [2.24, 2.45) is 26.7 Å². The number of azo groups is 1. The van der Waals surface area contributed by atoms with E-state index in [1.807, 2.05) is 36.4 Å². The van der Waals surface area contributed by atoms with Crippen molar-refractivity contribution in [1.82, 2.24) is 0 Å². The molecule has 5 heteroatoms. The summed E-state index contributed by atoms with van der Waals surface area (Å²) in [6.07, 6.45) is 0. The summed E-state index contributed by atoms with van der Waals surface area (Å²) < 4.78 is 0. The second-order valence-electron chi connectivity index (χ2n) is 5.56. The normalized spacial score (nSPS) is 11.5. The van der Waals surface area contributed by atoms with Crippen molar-refractivity contribution >= 4 is 23.0 Å². The summed E-state index contributed by atoms with van der Waals surface area (Å²) in [6, 6.07) is 22.2. The highest BCUT2D eigenvalue weighted by atomic mass is 15.1. The molecule has 4 rings (SSSR count). The van der Waals surface area contributed by atoms with E-state index >= 15 is 0 Å². The third-order valence-corrected chi connectivity index (χ3v) is 3.91. The van der Waals surface area contributed by atoms with E-state index in [0.29, 0.717) is 0 Å². The van der Waals surface area contributed by atoms with Gasteiger partial charge in [0.25, 0.3) is 0 Å². The minimum Gasteiger partial charge on any atom is -0.370 e. The molecule has 3 aromatic rings. The highest BCUT2D eigenvalue weighted by Crippen LogP contribution is 2.39. The molecular formula is C19H15N5. The van der Waals surface area contributed by atoms with Gasteiger partial charge in [-0.05, 0) is 47.0 Å². The molecule has 0 radical (unpaired) electrons. The lowest BCUT2D eigenvalue weighted by Gasteiger charge is -2.06. The maximum absolute atomic E-state index is 5.39. The summed E-state index contributed by atoms with van der Waals surface area (Å²) in [4.78, 5) is 4.02. The van der Waals surface area contributed by atoms with E-state index in [1.165, 1.54) is 0 Å². The Kier molecular flexibility index (Phi) is 3.31. The number of hydrogen-bond acceptors (Lipinski definition) is 3. The number of nitrogens with zero attached hydrogens (tertiary/aromatic N) is 3. The van der Waals surface area contributed by atoms with E-state index in [9.17, 15) is 0 Å². The van der Waals surface area contributed by atoms with Gasteiger partial charge in [0.2, 0.25) is 0 Å². The average Bonchev–Trinajstić information content (AvgIpc) is 2.97. The van der Waals surface area contributed by atoms with E-state index in [1.54, 1.807) is 0 Å². The molecule has 0 aromatic heterocycles. The van der Waals surface area contributed by atoms with Gasteiger partial charge in [0.1, 0.15) is 0 Å². The predicted molar refractivity (Wildman–Crippen MR) is 97.0 cm³/mol. The third kappa shape index (κ3) is 2.63. The smallest absolute Gasteiger partial charge is 0.191 e. The molecule has 2 bridgehead atoms. The van der Waals surface area contributed by atoms with Crippen LogP contribution in [0.4, 0.5) is 17.1 Å². The SMILES string of the molecule is NC(N)=Nc1ccc(-c2ccc(-c3ccc4cc3N=N4)cc2)cc1. The van der Waals surface area contributed by atoms with E-state index in [-0.39, 0.29) is 5.96 Å². The van der Waals surface area contributed by atoms with E-state index in [4.69, 9.17) is 11.5 Å². The first-order valence-electron chi connectivity index (χ1n) is 7.55. The summed E-state index contributed by atoms with van der Waals surface area (Å²) in [6.45, 7) is 0. The first kappa shape index (κ1) is 14.1. The van der Waals surface area contributed by atoms with Gasteiger partial charge in [-0.1, -0.05) is 36.4 Å². The minimum absolute atomic E-state index is 0.0587. The molecule has 0 amide bonds. The standard InChI is InChI=1S/C19H15N5/c20-19(21)22-15-7-5-13(6-8-15)12-1-3-14(4-2-12)17-10-9-16-11-18(17)24-23-16/h1-11H,(H4,20,21,22). The molecular weight excluding hydrogens is 298 g/mol. The van der Waals surface area contributed by atoms with Gasteiger partial charge in [0, 0.05) is 5.56 Å². The maximum atomic E-state index is 5.39. The number of guanidine groups is 1. The van der Waals surface area contributed by atoms with Gasteiger partial charge >= 0.3 is 0 Å². The zero-order chi connectivity index (χ0) is 16.5. The molecule has 0 atom stereocenters. The highest BCUT2D eigenvalue weighted by Gasteiger charge is 2.10. The molecule has 3 aromatic carbocycles. The lowest BCUT2D eigenvalue weighted by molar-refractivity contribution is 1.31. The van der Waals surface area contributed by atoms with Crippen LogP contribution in [0.25, 0.3) is 22.3 Å². The van der Waals surface area contributed by atoms with Gasteiger partial charge in [-0.15, -0.1) is 5.11 Å². The van der Waals surface area contributed by atoms with Crippen molar-refractivity contribution in [2.45, 2.75) is 0 Å². The van der Waals surface area contributed by atoms with Gasteiger partial charge in [-0.2, -0.15) is 5.11 Å². The van der Waals surface area contributed by atoms with Gasteiger partial charge < -0.3 is 11.5 Å². The molecule has 5 nitrogen and oxygen atoms in total. The number of rotatable bonds is 3. The van der Waals surface area contributed by atoms with Crippen LogP contribution in [0.2, 0.25) is 0 Å². The first-order chi connectivity index (χ1) is 11.7. The Hall–Kier alpha value is -3.47. The molecule has 1 aliphatic rings. The molecule has 4 N–H and O–H groups in total. The van der Waals surface area contributed by atoms with Gasteiger partial charge in [0.15, 0.2) is 5.96 Å². The Morgan fingerprint density at radius 3 is 2.00 bits per heavy atom. The summed E-state index contributed by atoms with van der Waals surface area (Å²) >= 11 is 0. The second-order valence-corrected chi connectivity index (χ2v) is 5.56. The molecule has 116 valence electrons. The lowest BCUT2D eigenvalue weighted by Crippen LogP contribution is -2.21. The monoisotopic (exact) mass is 313 g/mol. The Morgan fingerprint density at radius 2 is 1.33 bits per heavy atom. The maximum Gasteiger partial charge on any atom is 0.191 e. The molecule has 0 saturated heterocycles. The number of fused-ring (bicyclic) bond motifs is 2. The molecule has 0 fully saturated rings.